The van der Waals surface area contributed by atoms with Gasteiger partial charge in [0.05, 0.1) is 5.69 Å². The molecule has 0 aliphatic heterocycles. The summed E-state index contributed by atoms with van der Waals surface area (Å²) in [5, 5.41) is 4.46. The van der Waals surface area contributed by atoms with Gasteiger partial charge < -0.3 is 5.73 Å². The Hall–Kier alpha value is -0.990. The SMILES string of the molecule is CCc1c(CC(C)(C)C)nn(C)c1N. The van der Waals surface area contributed by atoms with Crippen LogP contribution in [-0.4, -0.2) is 9.78 Å². The van der Waals surface area contributed by atoms with Crippen molar-refractivity contribution in [3.63, 3.8) is 0 Å². The van der Waals surface area contributed by atoms with Gasteiger partial charge in [0.2, 0.25) is 0 Å². The summed E-state index contributed by atoms with van der Waals surface area (Å²) < 4.78 is 1.78. The van der Waals surface area contributed by atoms with E-state index in [-0.39, 0.29) is 5.41 Å². The van der Waals surface area contributed by atoms with Crippen molar-refractivity contribution in [3.05, 3.63) is 11.3 Å². The molecule has 1 rings (SSSR count). The summed E-state index contributed by atoms with van der Waals surface area (Å²) >= 11 is 0. The highest BCUT2D eigenvalue weighted by atomic mass is 15.3. The molecule has 80 valence electrons. The van der Waals surface area contributed by atoms with E-state index in [0.717, 1.165) is 24.4 Å². The van der Waals surface area contributed by atoms with Crippen LogP contribution in [0.1, 0.15) is 39.0 Å². The van der Waals surface area contributed by atoms with Crippen LogP contribution in [0, 0.1) is 5.41 Å². The Morgan fingerprint density at radius 2 is 1.93 bits per heavy atom. The normalized spacial score (nSPS) is 12.1. The molecule has 0 bridgehead atoms. The molecule has 0 spiro atoms. The van der Waals surface area contributed by atoms with E-state index < -0.39 is 0 Å². The highest BCUT2D eigenvalue weighted by Crippen LogP contribution is 2.25. The van der Waals surface area contributed by atoms with Crippen molar-refractivity contribution >= 4 is 5.82 Å². The van der Waals surface area contributed by atoms with Gasteiger partial charge in [-0.05, 0) is 18.3 Å². The van der Waals surface area contributed by atoms with Gasteiger partial charge in [0, 0.05) is 12.6 Å². The summed E-state index contributed by atoms with van der Waals surface area (Å²) in [4.78, 5) is 0. The lowest BCUT2D eigenvalue weighted by Crippen LogP contribution is -2.11. The van der Waals surface area contributed by atoms with Crippen LogP contribution in [0.4, 0.5) is 5.82 Å². The van der Waals surface area contributed by atoms with Gasteiger partial charge in [0.1, 0.15) is 5.82 Å². The van der Waals surface area contributed by atoms with Gasteiger partial charge >= 0.3 is 0 Å². The second kappa shape index (κ2) is 3.64. The van der Waals surface area contributed by atoms with Gasteiger partial charge in [0.15, 0.2) is 0 Å². The van der Waals surface area contributed by atoms with E-state index in [0.29, 0.717) is 0 Å². The zero-order valence-electron chi connectivity index (χ0n) is 9.89. The fraction of sp³-hybridized carbons (Fsp3) is 0.727. The average Bonchev–Trinajstić information content (AvgIpc) is 2.24. The molecule has 2 N–H and O–H groups in total. The smallest absolute Gasteiger partial charge is 0.124 e. The molecule has 14 heavy (non-hydrogen) atoms. The molecule has 0 unspecified atom stereocenters. The van der Waals surface area contributed by atoms with Crippen LogP contribution in [0.25, 0.3) is 0 Å². The molecule has 0 amide bonds. The lowest BCUT2D eigenvalue weighted by Gasteiger charge is -2.16. The molecule has 3 heteroatoms. The molecule has 3 nitrogen and oxygen atoms in total. The van der Waals surface area contributed by atoms with E-state index in [1.807, 2.05) is 7.05 Å². The van der Waals surface area contributed by atoms with Crippen molar-refractivity contribution in [1.29, 1.82) is 0 Å². The van der Waals surface area contributed by atoms with E-state index in [1.54, 1.807) is 4.68 Å². The predicted octanol–water partition coefficient (Wildman–Crippen LogP) is 2.15. The molecule has 0 aliphatic rings. The second-order valence-electron chi connectivity index (χ2n) is 5.03. The molecule has 0 fully saturated rings. The molecular formula is C11H21N3. The van der Waals surface area contributed by atoms with Crippen LogP contribution < -0.4 is 5.73 Å². The highest BCUT2D eigenvalue weighted by molar-refractivity contribution is 5.43. The van der Waals surface area contributed by atoms with Gasteiger partial charge in [-0.3, -0.25) is 4.68 Å². The molecule has 0 radical (unpaired) electrons. The fourth-order valence-corrected chi connectivity index (χ4v) is 1.67. The van der Waals surface area contributed by atoms with E-state index >= 15 is 0 Å². The number of aryl methyl sites for hydroxylation is 1. The van der Waals surface area contributed by atoms with Crippen molar-refractivity contribution in [2.24, 2.45) is 12.5 Å². The average molecular weight is 195 g/mol. The summed E-state index contributed by atoms with van der Waals surface area (Å²) in [7, 11) is 1.90. The molecule has 0 saturated carbocycles. The minimum Gasteiger partial charge on any atom is -0.384 e. The third-order valence-corrected chi connectivity index (χ3v) is 2.33. The molecule has 0 saturated heterocycles. The molecular weight excluding hydrogens is 174 g/mol. The van der Waals surface area contributed by atoms with Crippen LogP contribution in [0.3, 0.4) is 0 Å². The highest BCUT2D eigenvalue weighted by Gasteiger charge is 2.18. The van der Waals surface area contributed by atoms with Crippen molar-refractivity contribution in [2.45, 2.75) is 40.5 Å². The number of hydrogen-bond donors (Lipinski definition) is 1. The first-order valence-corrected chi connectivity index (χ1v) is 5.15. The first kappa shape index (κ1) is 11.1. The number of nitrogens with zero attached hydrogens (tertiary/aromatic N) is 2. The molecule has 1 aromatic rings. The van der Waals surface area contributed by atoms with Crippen LogP contribution >= 0.6 is 0 Å². The lowest BCUT2D eigenvalue weighted by atomic mass is 9.89. The Morgan fingerprint density at radius 1 is 1.36 bits per heavy atom. The van der Waals surface area contributed by atoms with Gasteiger partial charge in [-0.15, -0.1) is 0 Å². The van der Waals surface area contributed by atoms with Crippen LogP contribution in [0.2, 0.25) is 0 Å². The summed E-state index contributed by atoms with van der Waals surface area (Å²) in [6.07, 6.45) is 1.95. The molecule has 1 heterocycles. The quantitative estimate of drug-likeness (QED) is 0.785. The number of aromatic nitrogens is 2. The lowest BCUT2D eigenvalue weighted by molar-refractivity contribution is 0.403. The van der Waals surface area contributed by atoms with Crippen LogP contribution in [-0.2, 0) is 19.9 Å². The van der Waals surface area contributed by atoms with Crippen LogP contribution in [0.15, 0.2) is 0 Å². The number of nitrogen functional groups attached to an aromatic ring is 1. The van der Waals surface area contributed by atoms with Crippen molar-refractivity contribution in [3.8, 4) is 0 Å². The minimum absolute atomic E-state index is 0.269. The van der Waals surface area contributed by atoms with Gasteiger partial charge in [-0.25, -0.2) is 0 Å². The van der Waals surface area contributed by atoms with Crippen LogP contribution in [0.5, 0.6) is 0 Å². The third-order valence-electron chi connectivity index (χ3n) is 2.33. The predicted molar refractivity (Wildman–Crippen MR) is 60.2 cm³/mol. The Labute approximate surface area is 86.3 Å². The van der Waals surface area contributed by atoms with Gasteiger partial charge in [0.25, 0.3) is 0 Å². The minimum atomic E-state index is 0.269. The van der Waals surface area contributed by atoms with E-state index in [2.05, 4.69) is 32.8 Å². The number of anilines is 1. The number of hydrogen-bond acceptors (Lipinski definition) is 2. The van der Waals surface area contributed by atoms with E-state index in [9.17, 15) is 0 Å². The summed E-state index contributed by atoms with van der Waals surface area (Å²) in [6.45, 7) is 8.78. The van der Waals surface area contributed by atoms with Gasteiger partial charge in [-0.1, -0.05) is 27.7 Å². The molecule has 0 aromatic carbocycles. The molecule has 0 aliphatic carbocycles. The maximum Gasteiger partial charge on any atom is 0.124 e. The topological polar surface area (TPSA) is 43.8 Å². The first-order valence-electron chi connectivity index (χ1n) is 5.15. The summed E-state index contributed by atoms with van der Waals surface area (Å²) in [6, 6.07) is 0. The Morgan fingerprint density at radius 3 is 2.36 bits per heavy atom. The number of rotatable bonds is 2. The monoisotopic (exact) mass is 195 g/mol. The molecule has 0 atom stereocenters. The Balaban J connectivity index is 3.03. The van der Waals surface area contributed by atoms with E-state index in [4.69, 9.17) is 5.73 Å². The Bertz CT molecular complexity index is 318. The van der Waals surface area contributed by atoms with Crippen molar-refractivity contribution < 1.29 is 0 Å². The summed E-state index contributed by atoms with van der Waals surface area (Å²) in [5.41, 5.74) is 8.57. The number of nitrogens with two attached hydrogens (primary N) is 1. The summed E-state index contributed by atoms with van der Waals surface area (Å²) in [5.74, 6) is 0.812. The second-order valence-corrected chi connectivity index (χ2v) is 5.03. The largest absolute Gasteiger partial charge is 0.384 e. The fourth-order valence-electron chi connectivity index (χ4n) is 1.67. The maximum atomic E-state index is 5.93. The zero-order chi connectivity index (χ0) is 10.9. The molecule has 1 aromatic heterocycles. The zero-order valence-corrected chi connectivity index (χ0v) is 9.89. The van der Waals surface area contributed by atoms with E-state index in [1.165, 1.54) is 5.56 Å². The van der Waals surface area contributed by atoms with Gasteiger partial charge in [-0.2, -0.15) is 5.10 Å². The Kier molecular flexibility index (Phi) is 2.88. The standard InChI is InChI=1S/C11H21N3/c1-6-8-9(7-11(2,3)4)13-14(5)10(8)12/h6-7,12H2,1-5H3. The third kappa shape index (κ3) is 2.28. The first-order chi connectivity index (χ1) is 6.35. The van der Waals surface area contributed by atoms with Crippen molar-refractivity contribution in [1.82, 2.24) is 9.78 Å². The van der Waals surface area contributed by atoms with Crippen molar-refractivity contribution in [2.75, 3.05) is 5.73 Å². The maximum absolute atomic E-state index is 5.93.